The van der Waals surface area contributed by atoms with Crippen LogP contribution < -0.4 is 31.9 Å². The van der Waals surface area contributed by atoms with Crippen molar-refractivity contribution in [3.63, 3.8) is 0 Å². The molecule has 0 spiro atoms. The van der Waals surface area contributed by atoms with Crippen LogP contribution >= 0.6 is 0 Å². The molecular formula is C10H14CuN2O8. The van der Waals surface area contributed by atoms with Crippen LogP contribution in [-0.2, 0) is 36.2 Å². The van der Waals surface area contributed by atoms with Crippen molar-refractivity contribution in [2.24, 2.45) is 11.5 Å². The predicted octanol–water partition coefficient (Wildman–Crippen LogP) is -6.82. The summed E-state index contributed by atoms with van der Waals surface area (Å²) >= 11 is 0. The van der Waals surface area contributed by atoms with Gasteiger partial charge in [-0.3, -0.25) is 0 Å². The van der Waals surface area contributed by atoms with E-state index in [1.165, 1.54) is 0 Å². The molecule has 1 radical (unpaired) electrons. The number of carboxylic acids is 4. The third-order valence-corrected chi connectivity index (χ3v) is 1.92. The summed E-state index contributed by atoms with van der Waals surface area (Å²) in [5.74, 6) is -5.50. The first-order chi connectivity index (χ1) is 9.07. The molecule has 0 aromatic heterocycles. The van der Waals surface area contributed by atoms with Crippen molar-refractivity contribution in [3.05, 3.63) is 0 Å². The van der Waals surface area contributed by atoms with Gasteiger partial charge in [0.05, 0.1) is 11.9 Å². The Hall–Kier alpha value is -1.68. The Morgan fingerprint density at radius 2 is 0.952 bits per heavy atom. The molecule has 0 aliphatic rings. The van der Waals surface area contributed by atoms with Gasteiger partial charge in [0.1, 0.15) is 0 Å². The number of hydrogen-bond donors (Lipinski definition) is 2. The van der Waals surface area contributed by atoms with E-state index in [0.717, 1.165) is 0 Å². The number of nitrogens with two attached hydrogens (primary N) is 2. The van der Waals surface area contributed by atoms with Crippen LogP contribution in [0.4, 0.5) is 0 Å². The zero-order chi connectivity index (χ0) is 16.3. The summed E-state index contributed by atoms with van der Waals surface area (Å²) in [6.07, 6.45) is -1.00. The maximum absolute atomic E-state index is 9.86. The zero-order valence-corrected chi connectivity index (χ0v) is 11.6. The first kappa shape index (κ1) is 24.3. The van der Waals surface area contributed by atoms with Crippen molar-refractivity contribution in [3.8, 4) is 0 Å². The van der Waals surface area contributed by atoms with Gasteiger partial charge in [-0.05, 0) is 25.7 Å². The average molecular weight is 354 g/mol. The van der Waals surface area contributed by atoms with Crippen LogP contribution in [-0.4, -0.2) is 36.0 Å². The molecule has 10 nitrogen and oxygen atoms in total. The van der Waals surface area contributed by atoms with Gasteiger partial charge in [0.2, 0.25) is 0 Å². The van der Waals surface area contributed by atoms with E-state index in [-0.39, 0.29) is 42.8 Å². The Morgan fingerprint density at radius 1 is 0.714 bits per heavy atom. The fraction of sp³-hybridized carbons (Fsp3) is 0.600. The Bertz CT molecular complexity index is 329. The van der Waals surface area contributed by atoms with E-state index in [1.54, 1.807) is 0 Å². The molecule has 123 valence electrons. The van der Waals surface area contributed by atoms with Gasteiger partial charge in [-0.15, -0.1) is 0 Å². The summed E-state index contributed by atoms with van der Waals surface area (Å²) < 4.78 is 0. The van der Waals surface area contributed by atoms with E-state index in [9.17, 15) is 39.6 Å². The number of rotatable bonds is 8. The van der Waals surface area contributed by atoms with Gasteiger partial charge in [-0.2, -0.15) is 0 Å². The van der Waals surface area contributed by atoms with Gasteiger partial charge in [0.15, 0.2) is 0 Å². The van der Waals surface area contributed by atoms with Crippen LogP contribution in [0.15, 0.2) is 0 Å². The summed E-state index contributed by atoms with van der Waals surface area (Å²) in [4.78, 5) is 39.2. The van der Waals surface area contributed by atoms with Gasteiger partial charge < -0.3 is 51.1 Å². The van der Waals surface area contributed by atoms with E-state index in [2.05, 4.69) is 0 Å². The Balaban J connectivity index is -0.000000295. The Kier molecular flexibility index (Phi) is 15.4. The van der Waals surface area contributed by atoms with Gasteiger partial charge >= 0.3 is 17.1 Å². The summed E-state index contributed by atoms with van der Waals surface area (Å²) in [6.45, 7) is 0. The van der Waals surface area contributed by atoms with Crippen LogP contribution in [0.2, 0.25) is 0 Å². The molecule has 0 aromatic carbocycles. The molecule has 0 heterocycles. The van der Waals surface area contributed by atoms with Crippen molar-refractivity contribution in [2.75, 3.05) is 0 Å². The molecule has 0 amide bonds. The normalized spacial score (nSPS) is 11.9. The van der Waals surface area contributed by atoms with Crippen LogP contribution in [0.3, 0.4) is 0 Å². The number of carboxylic acid groups (broad SMARTS) is 4. The smallest absolute Gasteiger partial charge is 0.550 e. The minimum atomic E-state index is -1.44. The van der Waals surface area contributed by atoms with E-state index >= 15 is 0 Å². The van der Waals surface area contributed by atoms with Crippen LogP contribution in [0.1, 0.15) is 25.7 Å². The molecule has 0 fully saturated rings. The average Bonchev–Trinajstić information content (AvgIpc) is 2.33. The van der Waals surface area contributed by atoms with Crippen LogP contribution in [0.5, 0.6) is 0 Å². The largest absolute Gasteiger partial charge is 4.00 e. The third-order valence-electron chi connectivity index (χ3n) is 1.92. The first-order valence-electron chi connectivity index (χ1n) is 5.40. The Morgan fingerprint density at radius 3 is 1.10 bits per heavy atom. The van der Waals surface area contributed by atoms with Gasteiger partial charge in [-0.25, -0.2) is 0 Å². The summed E-state index contributed by atoms with van der Waals surface area (Å²) in [7, 11) is 0. The van der Waals surface area contributed by atoms with Crippen LogP contribution in [0, 0.1) is 0 Å². The molecule has 4 N–H and O–H groups in total. The number of aliphatic carboxylic acids is 4. The SMILES string of the molecule is N[C@@H](CCC(=O)[O-])C(=O)[O-].N[C@@H](CCC(=O)[O-])C(=O)[O-].[Cu+4]. The second-order valence-electron chi connectivity index (χ2n) is 3.67. The quantitative estimate of drug-likeness (QED) is 0.393. The first-order valence-corrected chi connectivity index (χ1v) is 5.40. The standard InChI is InChI=1S/2C5H9NO4.Cu/c2*6-3(5(9)10)1-2-4(7)8;/h2*3H,1-2,6H2,(H,7,8)(H,9,10);/q;;+4/p-4/t2*3-;/m00./s1. The van der Waals surface area contributed by atoms with Crippen molar-refractivity contribution in [2.45, 2.75) is 37.8 Å². The molecule has 0 aliphatic carbocycles. The topological polar surface area (TPSA) is 213 Å². The van der Waals surface area contributed by atoms with Crippen molar-refractivity contribution in [1.82, 2.24) is 0 Å². The summed E-state index contributed by atoms with van der Waals surface area (Å²) in [6, 6.07) is -2.42. The molecule has 0 aromatic rings. The predicted molar refractivity (Wildman–Crippen MR) is 54.4 cm³/mol. The third kappa shape index (κ3) is 18.3. The van der Waals surface area contributed by atoms with E-state index < -0.39 is 36.0 Å². The summed E-state index contributed by atoms with van der Waals surface area (Å²) in [5, 5.41) is 39.2. The molecule has 0 rings (SSSR count). The maximum atomic E-state index is 9.86. The Labute approximate surface area is 130 Å². The molecule has 0 bridgehead atoms. The minimum Gasteiger partial charge on any atom is -0.550 e. The van der Waals surface area contributed by atoms with Gasteiger partial charge in [-0.1, -0.05) is 0 Å². The summed E-state index contributed by atoms with van der Waals surface area (Å²) in [5.41, 5.74) is 9.82. The zero-order valence-electron chi connectivity index (χ0n) is 10.7. The van der Waals surface area contributed by atoms with E-state index in [1.807, 2.05) is 0 Å². The fourth-order valence-electron chi connectivity index (χ4n) is 0.782. The molecule has 0 aliphatic heterocycles. The van der Waals surface area contributed by atoms with Crippen LogP contribution in [0.25, 0.3) is 0 Å². The molecule has 0 unspecified atom stereocenters. The monoisotopic (exact) mass is 353 g/mol. The van der Waals surface area contributed by atoms with Gasteiger partial charge in [0, 0.05) is 24.0 Å². The van der Waals surface area contributed by atoms with E-state index in [0.29, 0.717) is 0 Å². The minimum absolute atomic E-state index is 0. The number of hydrogen-bond acceptors (Lipinski definition) is 10. The number of carbonyl (C=O) groups excluding carboxylic acids is 4. The molecule has 2 atom stereocenters. The number of carbonyl (C=O) groups is 4. The molecular weight excluding hydrogens is 340 g/mol. The fourth-order valence-corrected chi connectivity index (χ4v) is 0.782. The van der Waals surface area contributed by atoms with Crippen molar-refractivity contribution in [1.29, 1.82) is 0 Å². The molecule has 11 heteroatoms. The van der Waals surface area contributed by atoms with E-state index in [4.69, 9.17) is 11.5 Å². The van der Waals surface area contributed by atoms with Gasteiger partial charge in [0.25, 0.3) is 0 Å². The van der Waals surface area contributed by atoms with Crippen molar-refractivity contribution >= 4 is 23.9 Å². The maximum Gasteiger partial charge on any atom is 4.00 e. The second kappa shape index (κ2) is 13.3. The van der Waals surface area contributed by atoms with Crippen molar-refractivity contribution < 1.29 is 56.7 Å². The molecule has 0 saturated carbocycles. The molecule has 0 saturated heterocycles. The molecule has 21 heavy (non-hydrogen) atoms. The second-order valence-corrected chi connectivity index (χ2v) is 3.67.